The van der Waals surface area contributed by atoms with Crippen molar-refractivity contribution >= 4 is 21.7 Å². The van der Waals surface area contributed by atoms with E-state index in [1.54, 1.807) is 0 Å². The van der Waals surface area contributed by atoms with E-state index in [9.17, 15) is 9.90 Å². The Morgan fingerprint density at radius 1 is 1.25 bits per heavy atom. The highest BCUT2D eigenvalue weighted by molar-refractivity contribution is 9.10. The van der Waals surface area contributed by atoms with Crippen molar-refractivity contribution in [1.29, 1.82) is 0 Å². The summed E-state index contributed by atoms with van der Waals surface area (Å²) in [7, 11) is 0. The minimum Gasteiger partial charge on any atom is -0.388 e. The Hall–Kier alpha value is -0.670. The molecule has 1 aliphatic rings. The molecule has 0 radical (unpaired) electrons. The highest BCUT2D eigenvalue weighted by Gasteiger charge is 2.29. The Morgan fingerprint density at radius 3 is 2.56 bits per heavy atom. The second kappa shape index (κ2) is 5.11. The van der Waals surface area contributed by atoms with Crippen molar-refractivity contribution in [2.45, 2.75) is 31.8 Å². The zero-order valence-corrected chi connectivity index (χ0v) is 10.6. The topological polar surface area (TPSA) is 37.3 Å². The molecule has 0 saturated heterocycles. The van der Waals surface area contributed by atoms with Crippen molar-refractivity contribution in [3.05, 3.63) is 34.3 Å². The summed E-state index contributed by atoms with van der Waals surface area (Å²) in [5, 5.41) is 10.2. The number of benzene rings is 1. The van der Waals surface area contributed by atoms with Gasteiger partial charge in [0.05, 0.1) is 6.10 Å². The van der Waals surface area contributed by atoms with Crippen molar-refractivity contribution in [1.82, 2.24) is 0 Å². The van der Waals surface area contributed by atoms with Crippen LogP contribution < -0.4 is 0 Å². The number of Topliss-reactive ketones (excluding diaryl/α,β-unsaturated/α-hetero) is 1. The van der Waals surface area contributed by atoms with E-state index in [0.717, 1.165) is 29.3 Å². The van der Waals surface area contributed by atoms with Crippen LogP contribution in [0.4, 0.5) is 0 Å². The SMILES string of the molecule is O=C1CCCC[C@H]1[C@@H](O)c1ccc(Br)cc1. The lowest BCUT2D eigenvalue weighted by atomic mass is 9.82. The van der Waals surface area contributed by atoms with E-state index >= 15 is 0 Å². The van der Waals surface area contributed by atoms with Crippen LogP contribution in [0.3, 0.4) is 0 Å². The maximum atomic E-state index is 11.7. The third-order valence-electron chi connectivity index (χ3n) is 3.19. The van der Waals surface area contributed by atoms with E-state index in [1.807, 2.05) is 24.3 Å². The molecule has 16 heavy (non-hydrogen) atoms. The van der Waals surface area contributed by atoms with Crippen LogP contribution in [0.1, 0.15) is 37.4 Å². The summed E-state index contributed by atoms with van der Waals surface area (Å²) in [4.78, 5) is 11.7. The molecule has 3 heteroatoms. The average Bonchev–Trinajstić information content (AvgIpc) is 2.30. The quantitative estimate of drug-likeness (QED) is 0.904. The van der Waals surface area contributed by atoms with E-state index in [-0.39, 0.29) is 11.7 Å². The van der Waals surface area contributed by atoms with Gasteiger partial charge >= 0.3 is 0 Å². The molecule has 86 valence electrons. The summed E-state index contributed by atoms with van der Waals surface area (Å²) in [5.41, 5.74) is 0.837. The van der Waals surface area contributed by atoms with Crippen LogP contribution in [0.2, 0.25) is 0 Å². The van der Waals surface area contributed by atoms with E-state index in [2.05, 4.69) is 15.9 Å². The molecule has 0 unspecified atom stereocenters. The molecular formula is C13H15BrO2. The fraction of sp³-hybridized carbons (Fsp3) is 0.462. The second-order valence-corrected chi connectivity index (χ2v) is 5.23. The van der Waals surface area contributed by atoms with Gasteiger partial charge in [-0.15, -0.1) is 0 Å². The van der Waals surface area contributed by atoms with E-state index in [1.165, 1.54) is 0 Å². The fourth-order valence-electron chi connectivity index (χ4n) is 2.24. The lowest BCUT2D eigenvalue weighted by molar-refractivity contribution is -0.128. The number of aliphatic hydroxyl groups is 1. The molecule has 0 spiro atoms. The molecular weight excluding hydrogens is 268 g/mol. The Bertz CT molecular complexity index is 372. The lowest BCUT2D eigenvalue weighted by Crippen LogP contribution is -2.25. The molecule has 1 fully saturated rings. The van der Waals surface area contributed by atoms with Gasteiger partial charge in [-0.25, -0.2) is 0 Å². The number of carbonyl (C=O) groups is 1. The molecule has 2 nitrogen and oxygen atoms in total. The van der Waals surface area contributed by atoms with Gasteiger partial charge in [0, 0.05) is 16.8 Å². The number of aliphatic hydroxyl groups excluding tert-OH is 1. The normalized spacial score (nSPS) is 23.1. The number of rotatable bonds is 2. The first kappa shape index (κ1) is 11.8. The molecule has 0 heterocycles. The van der Waals surface area contributed by atoms with Gasteiger partial charge in [0.15, 0.2) is 0 Å². The molecule has 1 aliphatic carbocycles. The summed E-state index contributed by atoms with van der Waals surface area (Å²) in [6, 6.07) is 7.53. The predicted molar refractivity (Wildman–Crippen MR) is 66.1 cm³/mol. The number of hydrogen-bond acceptors (Lipinski definition) is 2. The van der Waals surface area contributed by atoms with Gasteiger partial charge in [0.25, 0.3) is 0 Å². The molecule has 0 bridgehead atoms. The van der Waals surface area contributed by atoms with Crippen molar-refractivity contribution in [3.8, 4) is 0 Å². The minimum absolute atomic E-state index is 0.199. The molecule has 1 aromatic carbocycles. The first-order chi connectivity index (χ1) is 7.68. The van der Waals surface area contributed by atoms with Gasteiger partial charge in [0.1, 0.15) is 5.78 Å². The van der Waals surface area contributed by atoms with Crippen LogP contribution >= 0.6 is 15.9 Å². The lowest BCUT2D eigenvalue weighted by Gasteiger charge is -2.25. The number of hydrogen-bond donors (Lipinski definition) is 1. The minimum atomic E-state index is -0.638. The Balaban J connectivity index is 2.14. The van der Waals surface area contributed by atoms with E-state index < -0.39 is 6.10 Å². The molecule has 1 N–H and O–H groups in total. The summed E-state index contributed by atoms with van der Waals surface area (Å²) >= 11 is 3.35. The van der Waals surface area contributed by atoms with Crippen molar-refractivity contribution in [2.75, 3.05) is 0 Å². The van der Waals surface area contributed by atoms with Crippen LogP contribution in [0.5, 0.6) is 0 Å². The highest BCUT2D eigenvalue weighted by atomic mass is 79.9. The van der Waals surface area contributed by atoms with Gasteiger partial charge in [-0.2, -0.15) is 0 Å². The summed E-state index contributed by atoms with van der Waals surface area (Å²) in [5.74, 6) is 0.0107. The fourth-order valence-corrected chi connectivity index (χ4v) is 2.50. The molecule has 0 aromatic heterocycles. The number of carbonyl (C=O) groups excluding carboxylic acids is 1. The van der Waals surface area contributed by atoms with Crippen LogP contribution in [-0.4, -0.2) is 10.9 Å². The predicted octanol–water partition coefficient (Wildman–Crippen LogP) is 3.24. The molecule has 0 amide bonds. The monoisotopic (exact) mass is 282 g/mol. The summed E-state index contributed by atoms with van der Waals surface area (Å²) in [6.45, 7) is 0. The van der Waals surface area contributed by atoms with Crippen LogP contribution in [0.25, 0.3) is 0 Å². The first-order valence-electron chi connectivity index (χ1n) is 5.65. The zero-order chi connectivity index (χ0) is 11.5. The van der Waals surface area contributed by atoms with Gasteiger partial charge < -0.3 is 5.11 Å². The molecule has 1 saturated carbocycles. The number of ketones is 1. The van der Waals surface area contributed by atoms with Crippen LogP contribution in [0, 0.1) is 5.92 Å². The van der Waals surface area contributed by atoms with Crippen molar-refractivity contribution in [3.63, 3.8) is 0 Å². The van der Waals surface area contributed by atoms with Crippen LogP contribution in [-0.2, 0) is 4.79 Å². The molecule has 2 atom stereocenters. The van der Waals surface area contributed by atoms with E-state index in [0.29, 0.717) is 6.42 Å². The molecule has 2 rings (SSSR count). The zero-order valence-electron chi connectivity index (χ0n) is 9.03. The Kier molecular flexibility index (Phi) is 3.77. The van der Waals surface area contributed by atoms with E-state index in [4.69, 9.17) is 0 Å². The Labute approximate surface area is 104 Å². The third-order valence-corrected chi connectivity index (χ3v) is 3.72. The molecule has 0 aliphatic heterocycles. The van der Waals surface area contributed by atoms with Gasteiger partial charge in [-0.05, 0) is 30.5 Å². The Morgan fingerprint density at radius 2 is 1.94 bits per heavy atom. The van der Waals surface area contributed by atoms with Gasteiger partial charge in [-0.1, -0.05) is 34.5 Å². The average molecular weight is 283 g/mol. The summed E-state index contributed by atoms with van der Waals surface area (Å²) < 4.78 is 0.985. The smallest absolute Gasteiger partial charge is 0.138 e. The van der Waals surface area contributed by atoms with Crippen LogP contribution in [0.15, 0.2) is 28.7 Å². The first-order valence-corrected chi connectivity index (χ1v) is 6.44. The largest absolute Gasteiger partial charge is 0.388 e. The summed E-state index contributed by atoms with van der Waals surface area (Å²) in [6.07, 6.45) is 2.82. The maximum Gasteiger partial charge on any atom is 0.138 e. The number of halogens is 1. The van der Waals surface area contributed by atoms with Crippen molar-refractivity contribution in [2.24, 2.45) is 5.92 Å². The highest BCUT2D eigenvalue weighted by Crippen LogP contribution is 2.32. The second-order valence-electron chi connectivity index (χ2n) is 4.31. The van der Waals surface area contributed by atoms with Crippen molar-refractivity contribution < 1.29 is 9.90 Å². The third kappa shape index (κ3) is 2.53. The standard InChI is InChI=1S/C13H15BrO2/c14-10-7-5-9(6-8-10)13(16)11-3-1-2-4-12(11)15/h5-8,11,13,16H,1-4H2/t11-,13+/m1/s1. The maximum absolute atomic E-state index is 11.7. The van der Waals surface area contributed by atoms with Gasteiger partial charge in [-0.3, -0.25) is 4.79 Å². The van der Waals surface area contributed by atoms with Gasteiger partial charge in [0.2, 0.25) is 0 Å². The molecule has 1 aromatic rings.